The molecule has 1 N–H and O–H groups in total. The number of hydrogen-bond acceptors (Lipinski definition) is 1. The molecule has 3 fully saturated rings. The largest absolute Gasteiger partial charge is 0.393 e. The summed E-state index contributed by atoms with van der Waals surface area (Å²) in [6.07, 6.45) is 9.41. The van der Waals surface area contributed by atoms with Gasteiger partial charge < -0.3 is 5.11 Å². The Labute approximate surface area is 67.8 Å². The van der Waals surface area contributed by atoms with E-state index in [4.69, 9.17) is 0 Å². The lowest BCUT2D eigenvalue weighted by atomic mass is 9.81. The zero-order valence-electron chi connectivity index (χ0n) is 6.97. The van der Waals surface area contributed by atoms with E-state index in [1.165, 1.54) is 38.5 Å². The van der Waals surface area contributed by atoms with Gasteiger partial charge in [-0.3, -0.25) is 0 Å². The highest BCUT2D eigenvalue weighted by molar-refractivity contribution is 5.22. The first-order chi connectivity index (χ1) is 5.29. The molecule has 3 rings (SSSR count). The van der Waals surface area contributed by atoms with Gasteiger partial charge in [-0.1, -0.05) is 12.8 Å². The van der Waals surface area contributed by atoms with Crippen molar-refractivity contribution in [1.82, 2.24) is 0 Å². The lowest BCUT2D eigenvalue weighted by Gasteiger charge is -2.25. The molecule has 0 aromatic heterocycles. The quantitative estimate of drug-likeness (QED) is 0.563. The fourth-order valence-corrected chi connectivity index (χ4v) is 3.94. The maximum absolute atomic E-state index is 9.82. The van der Waals surface area contributed by atoms with Crippen LogP contribution in [0.3, 0.4) is 0 Å². The third-order valence-electron chi connectivity index (χ3n) is 4.65. The SMILES string of the molecule is O[C@H]1CC[C@@]23CCCC[C@@]12C3. The van der Waals surface area contributed by atoms with Gasteiger partial charge in [-0.05, 0) is 37.5 Å². The number of hydrogen-bond donors (Lipinski definition) is 1. The van der Waals surface area contributed by atoms with E-state index >= 15 is 0 Å². The number of rotatable bonds is 0. The third-order valence-corrected chi connectivity index (χ3v) is 4.65. The molecular weight excluding hydrogens is 136 g/mol. The van der Waals surface area contributed by atoms with E-state index in [0.29, 0.717) is 10.8 Å². The van der Waals surface area contributed by atoms with Crippen LogP contribution in [-0.2, 0) is 0 Å². The second kappa shape index (κ2) is 1.66. The van der Waals surface area contributed by atoms with Crippen LogP contribution in [0.15, 0.2) is 0 Å². The molecule has 3 aliphatic rings. The van der Waals surface area contributed by atoms with E-state index in [2.05, 4.69) is 0 Å². The van der Waals surface area contributed by atoms with E-state index in [9.17, 15) is 5.11 Å². The second-order valence-electron chi connectivity index (χ2n) is 4.87. The topological polar surface area (TPSA) is 20.2 Å². The van der Waals surface area contributed by atoms with Crippen LogP contribution in [0.2, 0.25) is 0 Å². The summed E-state index contributed by atoms with van der Waals surface area (Å²) < 4.78 is 0. The van der Waals surface area contributed by atoms with Crippen LogP contribution in [-0.4, -0.2) is 11.2 Å². The molecular formula is C10H16O. The van der Waals surface area contributed by atoms with Crippen LogP contribution >= 0.6 is 0 Å². The van der Waals surface area contributed by atoms with Gasteiger partial charge in [0.25, 0.3) is 0 Å². The third kappa shape index (κ3) is 0.547. The minimum atomic E-state index is 0.0720. The Hall–Kier alpha value is -0.0400. The summed E-state index contributed by atoms with van der Waals surface area (Å²) in [6.45, 7) is 0. The molecule has 3 atom stereocenters. The zero-order valence-corrected chi connectivity index (χ0v) is 6.97. The van der Waals surface area contributed by atoms with Gasteiger partial charge in [0.05, 0.1) is 6.10 Å². The molecule has 0 unspecified atom stereocenters. The molecule has 1 nitrogen and oxygen atoms in total. The number of aliphatic hydroxyl groups excluding tert-OH is 1. The van der Waals surface area contributed by atoms with Gasteiger partial charge in [0.1, 0.15) is 0 Å². The van der Waals surface area contributed by atoms with Gasteiger partial charge in [0, 0.05) is 5.41 Å². The highest BCUT2D eigenvalue weighted by atomic mass is 16.3. The van der Waals surface area contributed by atoms with Gasteiger partial charge in [-0.2, -0.15) is 0 Å². The highest BCUT2D eigenvalue weighted by Gasteiger charge is 2.73. The van der Waals surface area contributed by atoms with Crippen molar-refractivity contribution in [2.24, 2.45) is 10.8 Å². The smallest absolute Gasteiger partial charge is 0.0602 e. The molecule has 0 bridgehead atoms. The van der Waals surface area contributed by atoms with Crippen LogP contribution in [0.5, 0.6) is 0 Å². The summed E-state index contributed by atoms with van der Waals surface area (Å²) in [5, 5.41) is 9.82. The van der Waals surface area contributed by atoms with Crippen molar-refractivity contribution < 1.29 is 5.11 Å². The molecule has 0 heterocycles. The summed E-state index contributed by atoms with van der Waals surface area (Å²) in [4.78, 5) is 0. The first-order valence-corrected chi connectivity index (χ1v) is 4.97. The molecule has 0 radical (unpaired) electrons. The van der Waals surface area contributed by atoms with Gasteiger partial charge >= 0.3 is 0 Å². The molecule has 0 aromatic carbocycles. The Morgan fingerprint density at radius 3 is 2.73 bits per heavy atom. The molecule has 3 saturated carbocycles. The van der Waals surface area contributed by atoms with Gasteiger partial charge in [0.15, 0.2) is 0 Å². The first kappa shape index (κ1) is 6.47. The summed E-state index contributed by atoms with van der Waals surface area (Å²) in [7, 11) is 0. The molecule has 0 spiro atoms. The van der Waals surface area contributed by atoms with E-state index < -0.39 is 0 Å². The Morgan fingerprint density at radius 2 is 1.91 bits per heavy atom. The lowest BCUT2D eigenvalue weighted by molar-refractivity contribution is 0.0816. The first-order valence-electron chi connectivity index (χ1n) is 4.97. The molecule has 0 amide bonds. The van der Waals surface area contributed by atoms with Crippen LogP contribution in [0.25, 0.3) is 0 Å². The lowest BCUT2D eigenvalue weighted by Crippen LogP contribution is -2.23. The maximum Gasteiger partial charge on any atom is 0.0602 e. The van der Waals surface area contributed by atoms with Crippen LogP contribution in [0, 0.1) is 10.8 Å². The maximum atomic E-state index is 9.82. The fourth-order valence-electron chi connectivity index (χ4n) is 3.94. The van der Waals surface area contributed by atoms with Crippen molar-refractivity contribution in [2.45, 2.75) is 51.0 Å². The molecule has 0 aliphatic heterocycles. The van der Waals surface area contributed by atoms with Crippen LogP contribution in [0.4, 0.5) is 0 Å². The van der Waals surface area contributed by atoms with Crippen molar-refractivity contribution in [2.75, 3.05) is 0 Å². The molecule has 0 aromatic rings. The molecule has 62 valence electrons. The van der Waals surface area contributed by atoms with E-state index in [1.807, 2.05) is 0 Å². The predicted molar refractivity (Wildman–Crippen MR) is 43.2 cm³/mol. The summed E-state index contributed by atoms with van der Waals surface area (Å²) in [6, 6.07) is 0. The van der Waals surface area contributed by atoms with Crippen molar-refractivity contribution in [3.63, 3.8) is 0 Å². The monoisotopic (exact) mass is 152 g/mol. The van der Waals surface area contributed by atoms with Crippen molar-refractivity contribution >= 4 is 0 Å². The van der Waals surface area contributed by atoms with E-state index in [-0.39, 0.29) is 6.10 Å². The molecule has 11 heavy (non-hydrogen) atoms. The Kier molecular flexibility index (Phi) is 0.976. The molecule has 0 saturated heterocycles. The van der Waals surface area contributed by atoms with Crippen LogP contribution in [0.1, 0.15) is 44.9 Å². The second-order valence-corrected chi connectivity index (χ2v) is 4.87. The van der Waals surface area contributed by atoms with Crippen molar-refractivity contribution in [3.05, 3.63) is 0 Å². The zero-order chi connectivity index (χ0) is 7.53. The van der Waals surface area contributed by atoms with Crippen LogP contribution < -0.4 is 0 Å². The average Bonchev–Trinajstić information content (AvgIpc) is 2.63. The molecule has 1 heteroatoms. The van der Waals surface area contributed by atoms with Gasteiger partial charge in [0.2, 0.25) is 0 Å². The predicted octanol–water partition coefficient (Wildman–Crippen LogP) is 2.09. The minimum absolute atomic E-state index is 0.0720. The molecule has 3 aliphatic carbocycles. The number of aliphatic hydroxyl groups is 1. The van der Waals surface area contributed by atoms with Gasteiger partial charge in [-0.15, -0.1) is 0 Å². The standard InChI is InChI=1S/C10H16O/c11-8-3-6-9-4-1-2-5-10(8,9)7-9/h8,11H,1-7H2/t8-,9+,10+/m0/s1. The minimum Gasteiger partial charge on any atom is -0.393 e. The average molecular weight is 152 g/mol. The summed E-state index contributed by atoms with van der Waals surface area (Å²) >= 11 is 0. The van der Waals surface area contributed by atoms with Gasteiger partial charge in [-0.25, -0.2) is 0 Å². The highest BCUT2D eigenvalue weighted by Crippen LogP contribution is 2.79. The summed E-state index contributed by atoms with van der Waals surface area (Å²) in [5.74, 6) is 0. The van der Waals surface area contributed by atoms with E-state index in [1.54, 1.807) is 0 Å². The Bertz CT molecular complexity index is 193. The van der Waals surface area contributed by atoms with Crippen molar-refractivity contribution in [1.29, 1.82) is 0 Å². The van der Waals surface area contributed by atoms with E-state index in [0.717, 1.165) is 6.42 Å². The fraction of sp³-hybridized carbons (Fsp3) is 1.00. The Morgan fingerprint density at radius 1 is 1.09 bits per heavy atom. The Balaban J connectivity index is 1.96. The summed E-state index contributed by atoms with van der Waals surface area (Å²) in [5.41, 5.74) is 1.11. The van der Waals surface area contributed by atoms with Crippen molar-refractivity contribution in [3.8, 4) is 0 Å². The normalized spacial score (nSPS) is 60.3.